The third kappa shape index (κ3) is 4.66. The van der Waals surface area contributed by atoms with Crippen molar-refractivity contribution in [3.63, 3.8) is 0 Å². The Morgan fingerprint density at radius 1 is 1.17 bits per heavy atom. The van der Waals surface area contributed by atoms with Crippen molar-refractivity contribution >= 4 is 12.2 Å². The molecule has 1 aliphatic rings. The van der Waals surface area contributed by atoms with Crippen LogP contribution in [0.1, 0.15) is 36.5 Å². The van der Waals surface area contributed by atoms with Crippen molar-refractivity contribution in [1.29, 1.82) is 0 Å². The minimum atomic E-state index is 0.505. The maximum absolute atomic E-state index is 5.97. The summed E-state index contributed by atoms with van der Waals surface area (Å²) in [5, 5.41) is 3.78. The molecule has 1 aromatic carbocycles. The molecule has 0 N–H and O–H groups in total. The minimum absolute atomic E-state index is 0.505. The van der Waals surface area contributed by atoms with E-state index in [1.165, 1.54) is 32.4 Å². The number of likely N-dealkylation sites (tertiary alicyclic amines) is 1. The van der Waals surface area contributed by atoms with Crippen LogP contribution in [-0.4, -0.2) is 41.3 Å². The molecule has 2 aromatic rings. The second-order valence-corrected chi connectivity index (χ2v) is 5.80. The number of aryl methyl sites for hydroxylation is 1. The monoisotopic (exact) mass is 313 g/mol. The summed E-state index contributed by atoms with van der Waals surface area (Å²) in [6.45, 7) is 5.90. The summed E-state index contributed by atoms with van der Waals surface area (Å²) >= 11 is 0. The molecule has 1 saturated heterocycles. The van der Waals surface area contributed by atoms with Gasteiger partial charge < -0.3 is 9.26 Å². The average molecular weight is 313 g/mol. The molecular formula is C18H23N3O2. The number of piperidine rings is 1. The summed E-state index contributed by atoms with van der Waals surface area (Å²) < 4.78 is 11.1. The van der Waals surface area contributed by atoms with Crippen LogP contribution in [0.4, 0.5) is 0 Å². The number of benzene rings is 1. The molecule has 3 rings (SSSR count). The number of hydrogen-bond donors (Lipinski definition) is 0. The van der Waals surface area contributed by atoms with Gasteiger partial charge in [-0.3, -0.25) is 4.90 Å². The van der Waals surface area contributed by atoms with Gasteiger partial charge in [0.2, 0.25) is 0 Å². The topological polar surface area (TPSA) is 51.4 Å². The molecule has 0 unspecified atom stereocenters. The molecule has 2 heterocycles. The number of hydrogen-bond acceptors (Lipinski definition) is 5. The SMILES string of the molecule is Cc1noc(C=Cc2ccccc2OCCN2CCCCC2)n1. The second kappa shape index (κ2) is 7.92. The van der Waals surface area contributed by atoms with Gasteiger partial charge in [0.05, 0.1) is 0 Å². The second-order valence-electron chi connectivity index (χ2n) is 5.80. The lowest BCUT2D eigenvalue weighted by Gasteiger charge is -2.26. The number of nitrogens with zero attached hydrogens (tertiary/aromatic N) is 3. The van der Waals surface area contributed by atoms with E-state index < -0.39 is 0 Å². The van der Waals surface area contributed by atoms with Crippen molar-refractivity contribution in [3.8, 4) is 5.75 Å². The van der Waals surface area contributed by atoms with Crippen molar-refractivity contribution < 1.29 is 9.26 Å². The van der Waals surface area contributed by atoms with Crippen LogP contribution >= 0.6 is 0 Å². The van der Waals surface area contributed by atoms with Crippen LogP contribution < -0.4 is 4.74 Å². The standard InChI is InChI=1S/C18H23N3O2/c1-15-19-18(23-20-15)10-9-16-7-3-4-8-17(16)22-14-13-21-11-5-2-6-12-21/h3-4,7-10H,2,5-6,11-14H2,1H3. The molecule has 0 spiro atoms. The summed E-state index contributed by atoms with van der Waals surface area (Å²) in [5.74, 6) is 2.03. The molecule has 0 aliphatic carbocycles. The first kappa shape index (κ1) is 15.7. The Hall–Kier alpha value is -2.14. The van der Waals surface area contributed by atoms with Gasteiger partial charge in [-0.05, 0) is 45.0 Å². The predicted octanol–water partition coefficient (Wildman–Crippen LogP) is 3.41. The van der Waals surface area contributed by atoms with Gasteiger partial charge in [-0.2, -0.15) is 4.98 Å². The normalized spacial score (nSPS) is 16.0. The molecule has 1 aromatic heterocycles. The lowest BCUT2D eigenvalue weighted by atomic mass is 10.1. The molecule has 5 heteroatoms. The Bertz CT molecular complexity index is 645. The van der Waals surface area contributed by atoms with E-state index in [0.717, 1.165) is 17.9 Å². The lowest BCUT2D eigenvalue weighted by Crippen LogP contribution is -2.33. The summed E-state index contributed by atoms with van der Waals surface area (Å²) in [7, 11) is 0. The minimum Gasteiger partial charge on any atom is -0.492 e. The van der Waals surface area contributed by atoms with E-state index in [1.807, 2.05) is 36.4 Å². The Labute approximate surface area is 137 Å². The van der Waals surface area contributed by atoms with Gasteiger partial charge in [-0.25, -0.2) is 0 Å². The van der Waals surface area contributed by atoms with Crippen LogP contribution in [0.5, 0.6) is 5.75 Å². The van der Waals surface area contributed by atoms with Gasteiger partial charge in [-0.15, -0.1) is 0 Å². The number of para-hydroxylation sites is 1. The zero-order valence-corrected chi connectivity index (χ0v) is 13.6. The molecule has 23 heavy (non-hydrogen) atoms. The van der Waals surface area contributed by atoms with E-state index in [1.54, 1.807) is 6.92 Å². The lowest BCUT2D eigenvalue weighted by molar-refractivity contribution is 0.183. The maximum Gasteiger partial charge on any atom is 0.250 e. The smallest absolute Gasteiger partial charge is 0.250 e. The average Bonchev–Trinajstić information content (AvgIpc) is 3.00. The molecular weight excluding hydrogens is 290 g/mol. The Kier molecular flexibility index (Phi) is 5.42. The summed E-state index contributed by atoms with van der Waals surface area (Å²) in [4.78, 5) is 6.64. The largest absolute Gasteiger partial charge is 0.492 e. The first-order valence-corrected chi connectivity index (χ1v) is 8.24. The van der Waals surface area contributed by atoms with Crippen molar-refractivity contribution in [3.05, 3.63) is 41.5 Å². The van der Waals surface area contributed by atoms with Gasteiger partial charge in [-0.1, -0.05) is 29.8 Å². The fraction of sp³-hybridized carbons (Fsp3) is 0.444. The maximum atomic E-state index is 5.97. The highest BCUT2D eigenvalue weighted by Gasteiger charge is 2.10. The fourth-order valence-corrected chi connectivity index (χ4v) is 2.76. The Balaban J connectivity index is 1.57. The molecule has 122 valence electrons. The van der Waals surface area contributed by atoms with Crippen molar-refractivity contribution in [2.45, 2.75) is 26.2 Å². The molecule has 0 atom stereocenters. The zero-order chi connectivity index (χ0) is 15.9. The highest BCUT2D eigenvalue weighted by molar-refractivity contribution is 5.69. The first-order valence-electron chi connectivity index (χ1n) is 8.24. The molecule has 1 fully saturated rings. The van der Waals surface area contributed by atoms with Crippen LogP contribution in [0.25, 0.3) is 12.2 Å². The highest BCUT2D eigenvalue weighted by atomic mass is 16.5. The molecule has 0 saturated carbocycles. The van der Waals surface area contributed by atoms with E-state index >= 15 is 0 Å². The predicted molar refractivity (Wildman–Crippen MR) is 90.2 cm³/mol. The summed E-state index contributed by atoms with van der Waals surface area (Å²) in [6.07, 6.45) is 7.74. The molecule has 5 nitrogen and oxygen atoms in total. The van der Waals surface area contributed by atoms with E-state index in [0.29, 0.717) is 18.3 Å². The number of ether oxygens (including phenoxy) is 1. The highest BCUT2D eigenvalue weighted by Crippen LogP contribution is 2.20. The van der Waals surface area contributed by atoms with Crippen LogP contribution in [0, 0.1) is 6.92 Å². The number of rotatable bonds is 6. The zero-order valence-electron chi connectivity index (χ0n) is 13.6. The molecule has 0 bridgehead atoms. The Morgan fingerprint density at radius 2 is 2.00 bits per heavy atom. The van der Waals surface area contributed by atoms with E-state index in [2.05, 4.69) is 15.0 Å². The van der Waals surface area contributed by atoms with Crippen molar-refractivity contribution in [2.75, 3.05) is 26.2 Å². The van der Waals surface area contributed by atoms with Crippen LogP contribution in [0.15, 0.2) is 28.8 Å². The number of aromatic nitrogens is 2. The Morgan fingerprint density at radius 3 is 2.78 bits per heavy atom. The first-order chi connectivity index (χ1) is 11.3. The summed E-state index contributed by atoms with van der Waals surface area (Å²) in [5.41, 5.74) is 1.02. The van der Waals surface area contributed by atoms with Gasteiger partial charge in [0.25, 0.3) is 5.89 Å². The van der Waals surface area contributed by atoms with E-state index in [4.69, 9.17) is 9.26 Å². The van der Waals surface area contributed by atoms with Gasteiger partial charge in [0.15, 0.2) is 5.82 Å². The molecule has 1 aliphatic heterocycles. The van der Waals surface area contributed by atoms with E-state index in [9.17, 15) is 0 Å². The third-order valence-electron chi connectivity index (χ3n) is 3.98. The van der Waals surface area contributed by atoms with Crippen LogP contribution in [0.2, 0.25) is 0 Å². The van der Waals surface area contributed by atoms with Crippen LogP contribution in [0.3, 0.4) is 0 Å². The van der Waals surface area contributed by atoms with Crippen molar-refractivity contribution in [1.82, 2.24) is 15.0 Å². The fourth-order valence-electron chi connectivity index (χ4n) is 2.76. The van der Waals surface area contributed by atoms with Gasteiger partial charge in [0.1, 0.15) is 12.4 Å². The van der Waals surface area contributed by atoms with Gasteiger partial charge >= 0.3 is 0 Å². The quantitative estimate of drug-likeness (QED) is 0.818. The van der Waals surface area contributed by atoms with Crippen molar-refractivity contribution in [2.24, 2.45) is 0 Å². The molecule has 0 amide bonds. The van der Waals surface area contributed by atoms with Gasteiger partial charge in [0, 0.05) is 18.2 Å². The molecule has 0 radical (unpaired) electrons. The van der Waals surface area contributed by atoms with E-state index in [-0.39, 0.29) is 0 Å². The summed E-state index contributed by atoms with van der Waals surface area (Å²) in [6, 6.07) is 8.01. The third-order valence-corrected chi connectivity index (χ3v) is 3.98. The van der Waals surface area contributed by atoms with Crippen LogP contribution in [-0.2, 0) is 0 Å².